The molecular weight excluding hydrogens is 308 g/mol. The highest BCUT2D eigenvalue weighted by molar-refractivity contribution is 7.99. The number of anilines is 1. The summed E-state index contributed by atoms with van der Waals surface area (Å²) in [6, 6.07) is 7.95. The number of nitrogens with one attached hydrogen (secondary N) is 1. The minimum absolute atomic E-state index is 0.116. The molecule has 0 atom stereocenters. The SMILES string of the molecule is O=C(CSc1nnnn1-c1ccc(O)cc1)Nc1ccon1. The van der Waals surface area contributed by atoms with Crippen LogP contribution in [0, 0.1) is 0 Å². The van der Waals surface area contributed by atoms with Crippen molar-refractivity contribution in [2.75, 3.05) is 11.1 Å². The van der Waals surface area contributed by atoms with Crippen molar-refractivity contribution in [2.24, 2.45) is 0 Å². The number of nitrogens with zero attached hydrogens (tertiary/aromatic N) is 5. The third-order valence-corrected chi connectivity index (χ3v) is 3.49. The molecule has 112 valence electrons. The van der Waals surface area contributed by atoms with E-state index in [9.17, 15) is 9.90 Å². The summed E-state index contributed by atoms with van der Waals surface area (Å²) >= 11 is 1.18. The molecule has 3 rings (SSSR count). The average Bonchev–Trinajstić information content (AvgIpc) is 3.17. The van der Waals surface area contributed by atoms with Crippen LogP contribution in [0.1, 0.15) is 0 Å². The number of aromatic nitrogens is 5. The molecule has 0 saturated carbocycles. The van der Waals surface area contributed by atoms with Gasteiger partial charge in [-0.2, -0.15) is 4.68 Å². The second-order valence-corrected chi connectivity index (χ2v) is 5.05. The first-order chi connectivity index (χ1) is 10.7. The van der Waals surface area contributed by atoms with Crippen LogP contribution in [0.4, 0.5) is 5.82 Å². The zero-order chi connectivity index (χ0) is 15.4. The van der Waals surface area contributed by atoms with Crippen molar-refractivity contribution in [1.82, 2.24) is 25.4 Å². The summed E-state index contributed by atoms with van der Waals surface area (Å²) in [6.45, 7) is 0. The number of benzene rings is 1. The van der Waals surface area contributed by atoms with Crippen LogP contribution in [0.2, 0.25) is 0 Å². The molecule has 0 aliphatic rings. The topological polar surface area (TPSA) is 119 Å². The van der Waals surface area contributed by atoms with Gasteiger partial charge in [-0.1, -0.05) is 16.9 Å². The van der Waals surface area contributed by atoms with Crippen molar-refractivity contribution < 1.29 is 14.4 Å². The lowest BCUT2D eigenvalue weighted by molar-refractivity contribution is -0.113. The first-order valence-corrected chi connectivity index (χ1v) is 7.12. The highest BCUT2D eigenvalue weighted by atomic mass is 32.2. The largest absolute Gasteiger partial charge is 0.508 e. The molecule has 1 aromatic carbocycles. The van der Waals surface area contributed by atoms with Gasteiger partial charge in [-0.05, 0) is 34.7 Å². The van der Waals surface area contributed by atoms with Crippen molar-refractivity contribution >= 4 is 23.5 Å². The van der Waals surface area contributed by atoms with Crippen LogP contribution in [0.15, 0.2) is 46.3 Å². The molecule has 1 amide bonds. The second kappa shape index (κ2) is 6.26. The number of aromatic hydroxyl groups is 1. The van der Waals surface area contributed by atoms with E-state index in [1.807, 2.05) is 0 Å². The van der Waals surface area contributed by atoms with Gasteiger partial charge in [0.15, 0.2) is 5.82 Å². The van der Waals surface area contributed by atoms with E-state index in [1.54, 1.807) is 18.2 Å². The molecule has 10 heteroatoms. The van der Waals surface area contributed by atoms with Crippen molar-refractivity contribution in [1.29, 1.82) is 0 Å². The number of carbonyl (C=O) groups is 1. The van der Waals surface area contributed by atoms with Gasteiger partial charge in [0, 0.05) is 6.07 Å². The van der Waals surface area contributed by atoms with E-state index in [1.165, 1.54) is 34.8 Å². The Morgan fingerprint density at radius 1 is 1.32 bits per heavy atom. The van der Waals surface area contributed by atoms with Gasteiger partial charge in [-0.25, -0.2) is 0 Å². The molecule has 0 bridgehead atoms. The Hall–Kier alpha value is -2.88. The van der Waals surface area contributed by atoms with Crippen molar-refractivity contribution in [3.63, 3.8) is 0 Å². The highest BCUT2D eigenvalue weighted by Crippen LogP contribution is 2.20. The Morgan fingerprint density at radius 3 is 2.86 bits per heavy atom. The predicted octanol–water partition coefficient (Wildman–Crippen LogP) is 1.09. The quantitative estimate of drug-likeness (QED) is 0.671. The van der Waals surface area contributed by atoms with Crippen molar-refractivity contribution in [3.8, 4) is 11.4 Å². The van der Waals surface area contributed by atoms with Crippen LogP contribution >= 0.6 is 11.8 Å². The third-order valence-electron chi connectivity index (χ3n) is 2.57. The number of tetrazole rings is 1. The number of phenolic OH excluding ortho intramolecular Hbond substituents is 1. The molecule has 3 aromatic rings. The summed E-state index contributed by atoms with van der Waals surface area (Å²) in [6.07, 6.45) is 1.37. The molecule has 22 heavy (non-hydrogen) atoms. The maximum Gasteiger partial charge on any atom is 0.236 e. The number of hydrogen-bond donors (Lipinski definition) is 2. The van der Waals surface area contributed by atoms with E-state index in [-0.39, 0.29) is 17.4 Å². The maximum absolute atomic E-state index is 11.8. The minimum atomic E-state index is -0.251. The normalized spacial score (nSPS) is 10.5. The number of phenols is 1. The monoisotopic (exact) mass is 318 g/mol. The van der Waals surface area contributed by atoms with Crippen LogP contribution in [0.3, 0.4) is 0 Å². The molecule has 9 nitrogen and oxygen atoms in total. The van der Waals surface area contributed by atoms with E-state index in [0.29, 0.717) is 16.7 Å². The van der Waals surface area contributed by atoms with Gasteiger partial charge in [0.2, 0.25) is 11.1 Å². The molecule has 0 aliphatic heterocycles. The van der Waals surface area contributed by atoms with Crippen LogP contribution in [-0.2, 0) is 4.79 Å². The number of carbonyl (C=O) groups excluding carboxylic acids is 1. The molecule has 0 fully saturated rings. The number of thioether (sulfide) groups is 1. The van der Waals surface area contributed by atoms with Gasteiger partial charge in [0.1, 0.15) is 12.0 Å². The molecule has 0 saturated heterocycles. The first-order valence-electron chi connectivity index (χ1n) is 6.13. The van der Waals surface area contributed by atoms with E-state index in [0.717, 1.165) is 0 Å². The van der Waals surface area contributed by atoms with Crippen LogP contribution in [0.5, 0.6) is 5.75 Å². The zero-order valence-electron chi connectivity index (χ0n) is 11.1. The number of amides is 1. The molecule has 0 unspecified atom stereocenters. The summed E-state index contributed by atoms with van der Waals surface area (Å²) < 4.78 is 6.10. The molecule has 2 aromatic heterocycles. The lowest BCUT2D eigenvalue weighted by Gasteiger charge is -2.04. The maximum atomic E-state index is 11.8. The smallest absolute Gasteiger partial charge is 0.236 e. The van der Waals surface area contributed by atoms with Crippen molar-refractivity contribution in [2.45, 2.75) is 5.16 Å². The van der Waals surface area contributed by atoms with E-state index >= 15 is 0 Å². The minimum Gasteiger partial charge on any atom is -0.508 e. The highest BCUT2D eigenvalue weighted by Gasteiger charge is 2.12. The lowest BCUT2D eigenvalue weighted by atomic mass is 10.3. The summed E-state index contributed by atoms with van der Waals surface area (Å²) in [5.41, 5.74) is 0.683. The molecule has 2 N–H and O–H groups in total. The number of rotatable bonds is 5. The summed E-state index contributed by atoms with van der Waals surface area (Å²) in [7, 11) is 0. The van der Waals surface area contributed by atoms with Crippen molar-refractivity contribution in [3.05, 3.63) is 36.6 Å². The Kier molecular flexibility index (Phi) is 4.01. The van der Waals surface area contributed by atoms with Gasteiger partial charge in [0.25, 0.3) is 0 Å². The van der Waals surface area contributed by atoms with Gasteiger partial charge >= 0.3 is 0 Å². The van der Waals surface area contributed by atoms with Crippen LogP contribution < -0.4 is 5.32 Å². The fraction of sp³-hybridized carbons (Fsp3) is 0.0833. The molecule has 2 heterocycles. The average molecular weight is 318 g/mol. The third kappa shape index (κ3) is 3.23. The number of hydrogen-bond acceptors (Lipinski definition) is 8. The zero-order valence-corrected chi connectivity index (χ0v) is 11.9. The second-order valence-electron chi connectivity index (χ2n) is 4.11. The van der Waals surface area contributed by atoms with Gasteiger partial charge in [0.05, 0.1) is 11.4 Å². The molecule has 0 aliphatic carbocycles. The van der Waals surface area contributed by atoms with E-state index in [4.69, 9.17) is 0 Å². The summed E-state index contributed by atoms with van der Waals surface area (Å²) in [5.74, 6) is 0.367. The fourth-order valence-electron chi connectivity index (χ4n) is 1.61. The predicted molar refractivity (Wildman–Crippen MR) is 76.7 cm³/mol. The Labute approximate surface area is 128 Å². The van der Waals surface area contributed by atoms with E-state index < -0.39 is 0 Å². The summed E-state index contributed by atoms with van der Waals surface area (Å²) in [4.78, 5) is 11.8. The Morgan fingerprint density at radius 2 is 2.14 bits per heavy atom. The van der Waals surface area contributed by atoms with Gasteiger partial charge in [-0.15, -0.1) is 5.10 Å². The molecule has 0 spiro atoms. The van der Waals surface area contributed by atoms with Crippen LogP contribution in [0.25, 0.3) is 5.69 Å². The first kappa shape index (κ1) is 14.1. The van der Waals surface area contributed by atoms with E-state index in [2.05, 4.69) is 30.5 Å². The van der Waals surface area contributed by atoms with Gasteiger partial charge < -0.3 is 14.9 Å². The Bertz CT molecular complexity index is 756. The lowest BCUT2D eigenvalue weighted by Crippen LogP contribution is -2.14. The molecule has 0 radical (unpaired) electrons. The van der Waals surface area contributed by atoms with Crippen LogP contribution in [-0.4, -0.2) is 42.1 Å². The summed E-state index contributed by atoms with van der Waals surface area (Å²) in [5, 5.41) is 27.2. The molecular formula is C12H10N6O3S. The standard InChI is InChI=1S/C12H10N6O3S/c19-9-3-1-8(2-4-9)18-12(14-16-17-18)22-7-11(20)13-10-5-6-21-15-10/h1-6,19H,7H2,(H,13,15,20). The Balaban J connectivity index is 1.65. The fourth-order valence-corrected chi connectivity index (χ4v) is 2.30. The van der Waals surface area contributed by atoms with Gasteiger partial charge in [-0.3, -0.25) is 4.79 Å².